The Hall–Kier alpha value is 2.65. The van der Waals surface area contributed by atoms with Crippen molar-refractivity contribution < 1.29 is 50.3 Å². The predicted molar refractivity (Wildman–Crippen MR) is 17.1 cm³/mol. The Morgan fingerprint density at radius 3 is 1.00 bits per heavy atom. The van der Waals surface area contributed by atoms with Gasteiger partial charge in [-0.05, 0) is 0 Å². The van der Waals surface area contributed by atoms with Gasteiger partial charge in [0.15, 0.2) is 17.4 Å². The van der Waals surface area contributed by atoms with E-state index in [1.54, 1.807) is 0 Å². The summed E-state index contributed by atoms with van der Waals surface area (Å²) in [5, 5.41) is 0. The number of hydrogen-bond acceptors (Lipinski definition) is 0. The van der Waals surface area contributed by atoms with Gasteiger partial charge in [-0.3, -0.25) is 0 Å². The van der Waals surface area contributed by atoms with Crippen LogP contribution in [0.2, 0.25) is 0 Å². The fraction of sp³-hybridized carbons (Fsp3) is 0. The minimum Gasteiger partial charge on any atom is 0 e. The molecule has 0 spiro atoms. The Morgan fingerprint density at radius 1 is 1.00 bits per heavy atom. The van der Waals surface area contributed by atoms with Gasteiger partial charge in [0.1, 0.15) is 0 Å². The molecular weight excluding hydrogens is 207 g/mol. The zero-order chi connectivity index (χ0) is 0. The van der Waals surface area contributed by atoms with Crippen molar-refractivity contribution in [3.8, 4) is 0 Å². The molecule has 0 aliphatic rings. The first kappa shape index (κ1) is 48.2. The summed E-state index contributed by atoms with van der Waals surface area (Å²) < 4.78 is 0. The predicted octanol–water partition coefficient (Wildman–Crippen LogP) is -1.84. The van der Waals surface area contributed by atoms with Gasteiger partial charge in [0.05, 0.1) is 0 Å². The summed E-state index contributed by atoms with van der Waals surface area (Å²) in [5.41, 5.74) is 0. The summed E-state index contributed by atoms with van der Waals surface area (Å²) in [6.07, 6.45) is 0. The summed E-state index contributed by atoms with van der Waals surface area (Å²) in [5.74, 6) is 0. The van der Waals surface area contributed by atoms with E-state index in [9.17, 15) is 0 Å². The fourth-order valence-electron chi connectivity index (χ4n) is 0. The fourth-order valence-corrected chi connectivity index (χ4v) is 0. The molecule has 0 aromatic carbocycles. The molecule has 0 nitrogen and oxygen atoms in total. The van der Waals surface area contributed by atoms with Crippen LogP contribution in [-0.2, 0) is 50.3 Å². The molecule has 0 amide bonds. The maximum absolute atomic E-state index is 0. The maximum Gasteiger partial charge on any atom is 0 e. The summed E-state index contributed by atoms with van der Waals surface area (Å²) in [6.45, 7) is 0. The van der Waals surface area contributed by atoms with Gasteiger partial charge >= 0.3 is 18.9 Å². The molecule has 0 aromatic heterocycles. The second-order valence-corrected chi connectivity index (χ2v) is 0. The molecule has 0 aliphatic heterocycles. The summed E-state index contributed by atoms with van der Waals surface area (Å²) in [7, 11) is 0. The van der Waals surface area contributed by atoms with Crippen LogP contribution in [0.25, 0.3) is 0 Å². The third-order valence-electron chi connectivity index (χ3n) is 0. The van der Waals surface area contributed by atoms with Gasteiger partial charge in [0.2, 0.25) is 0 Å². The van der Waals surface area contributed by atoms with Crippen LogP contribution in [0.15, 0.2) is 0 Å². The monoisotopic (exact) mass is 211 g/mol. The quantitative estimate of drug-likeness (QED) is 0.413. The van der Waals surface area contributed by atoms with Crippen LogP contribution >= 0.6 is 0 Å². The Bertz CT molecular complexity index is 11.6. The first-order valence-electron chi connectivity index (χ1n) is 0. The molecule has 1 radical (unpaired) electrons. The minimum absolute atomic E-state index is 0. The Balaban J connectivity index is 0. The van der Waals surface area contributed by atoms with E-state index in [4.69, 9.17) is 0 Å². The summed E-state index contributed by atoms with van der Waals surface area (Å²) in [6, 6.07) is 0. The van der Waals surface area contributed by atoms with Crippen molar-refractivity contribution in [2.45, 2.75) is 0 Å². The number of hydrogen-bond donors (Lipinski definition) is 0. The molecule has 0 rings (SSSR count). The topological polar surface area (TPSA) is 0 Å². The minimum atomic E-state index is 0. The molecular formula is H4AlCoFeLiNi. The van der Waals surface area contributed by atoms with Crippen LogP contribution in [-0.4, -0.2) is 36.2 Å². The second-order valence-electron chi connectivity index (χ2n) is 0. The van der Waals surface area contributed by atoms with Crippen LogP contribution in [0, 0.1) is 0 Å². The van der Waals surface area contributed by atoms with Crippen molar-refractivity contribution in [1.82, 2.24) is 0 Å². The van der Waals surface area contributed by atoms with E-state index in [1.807, 2.05) is 0 Å². The average molecular weight is 211 g/mol. The molecule has 0 aliphatic carbocycles. The maximum atomic E-state index is 0. The molecule has 5 heavy (non-hydrogen) atoms. The van der Waals surface area contributed by atoms with Crippen LogP contribution in [0.1, 0.15) is 0 Å². The number of rotatable bonds is 0. The van der Waals surface area contributed by atoms with Crippen molar-refractivity contribution >= 4 is 36.2 Å². The van der Waals surface area contributed by atoms with Crippen LogP contribution < -0.4 is 0 Å². The Labute approximate surface area is 85.5 Å². The largest absolute Gasteiger partial charge is 0 e. The van der Waals surface area contributed by atoms with Gasteiger partial charge in [-0.1, -0.05) is 0 Å². The van der Waals surface area contributed by atoms with E-state index in [0.29, 0.717) is 0 Å². The molecule has 0 atom stereocenters. The molecule has 5 heteroatoms. The molecule has 0 N–H and O–H groups in total. The van der Waals surface area contributed by atoms with E-state index in [0.717, 1.165) is 0 Å². The Morgan fingerprint density at radius 2 is 1.00 bits per heavy atom. The molecule has 0 heterocycles. The van der Waals surface area contributed by atoms with Crippen LogP contribution in [0.3, 0.4) is 0 Å². The average Bonchev–Trinajstić information content (AvgIpc) is 0. The van der Waals surface area contributed by atoms with Gasteiger partial charge in [-0.25, -0.2) is 0 Å². The van der Waals surface area contributed by atoms with Gasteiger partial charge in [0.25, 0.3) is 0 Å². The molecule has 0 bridgehead atoms. The van der Waals surface area contributed by atoms with Gasteiger partial charge in [0, 0.05) is 50.3 Å². The SMILES string of the molecule is [AlH3].[Co].[Fe].[LiH].[Ni]. The first-order chi connectivity index (χ1) is 0. The zero-order valence-corrected chi connectivity index (χ0v) is 4.14. The van der Waals surface area contributed by atoms with Gasteiger partial charge < -0.3 is 0 Å². The van der Waals surface area contributed by atoms with Crippen molar-refractivity contribution in [2.75, 3.05) is 0 Å². The second kappa shape index (κ2) is 30.2. The van der Waals surface area contributed by atoms with Crippen molar-refractivity contribution in [2.24, 2.45) is 0 Å². The van der Waals surface area contributed by atoms with Crippen molar-refractivity contribution in [3.05, 3.63) is 0 Å². The van der Waals surface area contributed by atoms with E-state index in [2.05, 4.69) is 0 Å². The van der Waals surface area contributed by atoms with Crippen molar-refractivity contribution in [3.63, 3.8) is 0 Å². The molecule has 0 saturated heterocycles. The summed E-state index contributed by atoms with van der Waals surface area (Å²) >= 11 is 0. The van der Waals surface area contributed by atoms with Gasteiger partial charge in [-0.15, -0.1) is 0 Å². The van der Waals surface area contributed by atoms with E-state index in [-0.39, 0.29) is 86.6 Å². The van der Waals surface area contributed by atoms with Crippen molar-refractivity contribution in [1.29, 1.82) is 0 Å². The smallest absolute Gasteiger partial charge is 0 e. The van der Waals surface area contributed by atoms with E-state index in [1.165, 1.54) is 0 Å². The van der Waals surface area contributed by atoms with E-state index < -0.39 is 0 Å². The van der Waals surface area contributed by atoms with Crippen LogP contribution in [0.4, 0.5) is 0 Å². The molecule has 0 fully saturated rings. The third-order valence-corrected chi connectivity index (χ3v) is 0. The standard InChI is InChI=1S/Al.Co.Fe.Li.Ni.4H. The molecule has 0 unspecified atom stereocenters. The third kappa shape index (κ3) is 20.5. The molecule has 0 aromatic rings. The normalized spacial score (nSPS) is 0. The Kier molecular flexibility index (Phi) is 291. The van der Waals surface area contributed by atoms with Crippen LogP contribution in [0.5, 0.6) is 0 Å². The molecule has 0 saturated carbocycles. The first-order valence-corrected chi connectivity index (χ1v) is 0. The zero-order valence-electron chi connectivity index (χ0n) is 1.00. The molecule has 35 valence electrons. The summed E-state index contributed by atoms with van der Waals surface area (Å²) in [4.78, 5) is 0. The van der Waals surface area contributed by atoms with Gasteiger partial charge in [-0.2, -0.15) is 0 Å². The van der Waals surface area contributed by atoms with E-state index >= 15 is 0 Å².